The van der Waals surface area contributed by atoms with Gasteiger partial charge in [-0.1, -0.05) is 18.2 Å². The number of ether oxygens (including phenoxy) is 4. The third-order valence-electron chi connectivity index (χ3n) is 5.78. The summed E-state index contributed by atoms with van der Waals surface area (Å²) in [7, 11) is 1.24. The van der Waals surface area contributed by atoms with Gasteiger partial charge in [-0.25, -0.2) is 14.4 Å². The van der Waals surface area contributed by atoms with E-state index < -0.39 is 41.8 Å². The van der Waals surface area contributed by atoms with Crippen LogP contribution in [0.2, 0.25) is 0 Å². The smallest absolute Gasteiger partial charge is 0.410 e. The number of methoxy groups -OCH3 is 1. The lowest BCUT2D eigenvalue weighted by Crippen LogP contribution is -2.47. The van der Waals surface area contributed by atoms with E-state index in [9.17, 15) is 19.2 Å². The maximum absolute atomic E-state index is 14.2. The molecule has 3 rings (SSSR count). The second kappa shape index (κ2) is 13.2. The van der Waals surface area contributed by atoms with Crippen molar-refractivity contribution in [3.8, 4) is 5.75 Å². The molecule has 1 atom stereocenters. The summed E-state index contributed by atoms with van der Waals surface area (Å²) in [6.07, 6.45) is 0.724. The van der Waals surface area contributed by atoms with Gasteiger partial charge in [-0.2, -0.15) is 0 Å². The molecular weight excluding hydrogens is 616 g/mol. The summed E-state index contributed by atoms with van der Waals surface area (Å²) >= 11 is 4.51. The molecule has 0 N–H and O–H groups in total. The molecule has 2 aromatic rings. The van der Waals surface area contributed by atoms with Crippen LogP contribution in [0, 0.1) is 5.92 Å². The van der Waals surface area contributed by atoms with Crippen LogP contribution in [0.15, 0.2) is 34.8 Å². The Morgan fingerprint density at radius 3 is 2.24 bits per heavy atom. The Kier molecular flexibility index (Phi) is 10.5. The van der Waals surface area contributed by atoms with Gasteiger partial charge in [0.15, 0.2) is 17.2 Å². The van der Waals surface area contributed by atoms with E-state index in [0.29, 0.717) is 34.5 Å². The molecular formula is C29H37BrN2O8S. The number of piperidine rings is 1. The van der Waals surface area contributed by atoms with E-state index in [0.717, 1.165) is 11.3 Å². The second-order valence-corrected chi connectivity index (χ2v) is 13.3. The number of esters is 2. The molecule has 1 aliphatic heterocycles. The van der Waals surface area contributed by atoms with Gasteiger partial charge < -0.3 is 23.8 Å². The van der Waals surface area contributed by atoms with Gasteiger partial charge in [0.05, 0.1) is 17.5 Å². The summed E-state index contributed by atoms with van der Waals surface area (Å²) in [5.41, 5.74) is -0.817. The van der Waals surface area contributed by atoms with E-state index in [1.807, 2.05) is 6.07 Å². The van der Waals surface area contributed by atoms with Crippen molar-refractivity contribution in [2.24, 2.45) is 5.92 Å². The first kappa shape index (κ1) is 32.4. The lowest BCUT2D eigenvalue weighted by atomic mass is 9.96. The van der Waals surface area contributed by atoms with Crippen molar-refractivity contribution in [3.63, 3.8) is 0 Å². The Bertz CT molecular complexity index is 1270. The third kappa shape index (κ3) is 8.68. The highest BCUT2D eigenvalue weighted by molar-refractivity contribution is 9.10. The molecule has 0 bridgehead atoms. The van der Waals surface area contributed by atoms with Gasteiger partial charge in [-0.15, -0.1) is 11.3 Å². The van der Waals surface area contributed by atoms with Crippen LogP contribution in [0.3, 0.4) is 0 Å². The van der Waals surface area contributed by atoms with E-state index >= 15 is 0 Å². The quantitative estimate of drug-likeness (QED) is 0.252. The minimum absolute atomic E-state index is 0.0652. The van der Waals surface area contributed by atoms with Gasteiger partial charge in [0.2, 0.25) is 5.91 Å². The van der Waals surface area contributed by atoms with Crippen LogP contribution in [-0.2, 0) is 23.8 Å². The molecule has 2 heterocycles. The van der Waals surface area contributed by atoms with Crippen LogP contribution < -0.4 is 9.64 Å². The molecule has 1 aromatic carbocycles. The van der Waals surface area contributed by atoms with Gasteiger partial charge in [0.1, 0.15) is 16.2 Å². The van der Waals surface area contributed by atoms with Gasteiger partial charge >= 0.3 is 18.0 Å². The number of benzene rings is 1. The van der Waals surface area contributed by atoms with Gasteiger partial charge in [0, 0.05) is 18.8 Å². The van der Waals surface area contributed by atoms with Crippen molar-refractivity contribution >= 4 is 61.9 Å². The average Bonchev–Trinajstić information content (AvgIpc) is 3.21. The summed E-state index contributed by atoms with van der Waals surface area (Å²) in [6, 6.07) is 8.98. The molecule has 1 aromatic heterocycles. The normalized spacial score (nSPS) is 15.6. The van der Waals surface area contributed by atoms with Crippen LogP contribution in [0.5, 0.6) is 5.75 Å². The van der Waals surface area contributed by atoms with E-state index in [4.69, 9.17) is 18.9 Å². The predicted octanol–water partition coefficient (Wildman–Crippen LogP) is 6.33. The highest BCUT2D eigenvalue weighted by atomic mass is 79.9. The summed E-state index contributed by atoms with van der Waals surface area (Å²) in [6.45, 7) is 10.8. The Labute approximate surface area is 253 Å². The third-order valence-corrected chi connectivity index (χ3v) is 7.91. The van der Waals surface area contributed by atoms with Crippen LogP contribution in [0.1, 0.15) is 64.1 Å². The van der Waals surface area contributed by atoms with Crippen LogP contribution in [-0.4, -0.2) is 66.8 Å². The Morgan fingerprint density at radius 2 is 1.66 bits per heavy atom. The first-order chi connectivity index (χ1) is 19.1. The highest BCUT2D eigenvalue weighted by Crippen LogP contribution is 2.48. The largest absolute Gasteiger partial charge is 0.479 e. The number of likely N-dealkylation sites (tertiary alicyclic amines) is 1. The molecule has 1 aliphatic rings. The van der Waals surface area contributed by atoms with Crippen LogP contribution in [0.25, 0.3) is 0 Å². The van der Waals surface area contributed by atoms with Crippen LogP contribution >= 0.6 is 27.3 Å². The molecule has 2 amide bonds. The molecule has 1 fully saturated rings. The number of carbonyl (C=O) groups is 4. The maximum atomic E-state index is 14.2. The summed E-state index contributed by atoms with van der Waals surface area (Å²) in [5, 5.41) is 0.371. The number of hydrogen-bond acceptors (Lipinski definition) is 9. The highest BCUT2D eigenvalue weighted by Gasteiger charge is 2.37. The SMILES string of the molecule is COC(=O)c1sc(N(C(=O)C2CCCN(C(=O)OC(C)(C)C)C2)c2ccccc2)c(Br)c1OCC(=O)OC(C)(C)C. The Balaban J connectivity index is 1.99. The van der Waals surface area contributed by atoms with Crippen molar-refractivity contribution in [1.29, 1.82) is 0 Å². The topological polar surface area (TPSA) is 112 Å². The number of anilines is 2. The lowest BCUT2D eigenvalue weighted by molar-refractivity contribution is -0.157. The standard InChI is InChI=1S/C29H37BrN2O8S/c1-28(2,3)39-20(33)17-38-22-21(30)25(41-23(22)26(35)37-7)32(19-13-9-8-10-14-19)24(34)18-12-11-15-31(16-18)27(36)40-29(4,5)6/h8-10,13-14,18H,11-12,15-17H2,1-7H3. The number of halogens is 1. The van der Waals surface area contributed by atoms with Gasteiger partial charge in [0.25, 0.3) is 0 Å². The minimum atomic E-state index is -0.716. The van der Waals surface area contributed by atoms with Crippen molar-refractivity contribution in [1.82, 2.24) is 4.90 Å². The second-order valence-electron chi connectivity index (χ2n) is 11.5. The fraction of sp³-hybridized carbons (Fsp3) is 0.517. The molecule has 0 radical (unpaired) electrons. The lowest BCUT2D eigenvalue weighted by Gasteiger charge is -2.35. The van der Waals surface area contributed by atoms with Crippen molar-refractivity contribution in [2.45, 2.75) is 65.6 Å². The van der Waals surface area contributed by atoms with E-state index in [-0.39, 0.29) is 23.1 Å². The first-order valence-electron chi connectivity index (χ1n) is 13.2. The molecule has 1 saturated heterocycles. The summed E-state index contributed by atoms with van der Waals surface area (Å²) in [4.78, 5) is 55.2. The zero-order valence-electron chi connectivity index (χ0n) is 24.4. The molecule has 10 nitrogen and oxygen atoms in total. The van der Waals surface area contributed by atoms with Crippen molar-refractivity contribution < 1.29 is 38.1 Å². The van der Waals surface area contributed by atoms with Crippen LogP contribution in [0.4, 0.5) is 15.5 Å². The number of thiophene rings is 1. The minimum Gasteiger partial charge on any atom is -0.479 e. The monoisotopic (exact) mass is 652 g/mol. The van der Waals surface area contributed by atoms with Crippen molar-refractivity contribution in [3.05, 3.63) is 39.7 Å². The summed E-state index contributed by atoms with van der Waals surface area (Å²) < 4.78 is 21.9. The number of hydrogen-bond donors (Lipinski definition) is 0. The Morgan fingerprint density at radius 1 is 1.02 bits per heavy atom. The maximum Gasteiger partial charge on any atom is 0.410 e. The number of rotatable bonds is 7. The fourth-order valence-electron chi connectivity index (χ4n) is 4.16. The van der Waals surface area contributed by atoms with E-state index in [1.54, 1.807) is 70.7 Å². The molecule has 224 valence electrons. The molecule has 12 heteroatoms. The molecule has 1 unspecified atom stereocenters. The number of para-hydroxylation sites is 1. The Hall–Kier alpha value is -3.12. The van der Waals surface area contributed by atoms with E-state index in [2.05, 4.69) is 15.9 Å². The predicted molar refractivity (Wildman–Crippen MR) is 159 cm³/mol. The number of nitrogens with zero attached hydrogens (tertiary/aromatic N) is 2. The number of amides is 2. The average molecular weight is 654 g/mol. The molecule has 41 heavy (non-hydrogen) atoms. The fourth-order valence-corrected chi connectivity index (χ4v) is 6.11. The van der Waals surface area contributed by atoms with Gasteiger partial charge in [-0.05, 0) is 82.4 Å². The molecule has 0 spiro atoms. The zero-order chi connectivity index (χ0) is 30.5. The molecule has 0 aliphatic carbocycles. The van der Waals surface area contributed by atoms with E-state index in [1.165, 1.54) is 12.0 Å². The molecule has 0 saturated carbocycles. The van der Waals surface area contributed by atoms with Crippen molar-refractivity contribution in [2.75, 3.05) is 31.7 Å². The zero-order valence-corrected chi connectivity index (χ0v) is 26.8. The summed E-state index contributed by atoms with van der Waals surface area (Å²) in [5.74, 6) is -2.03. The first-order valence-corrected chi connectivity index (χ1v) is 14.8. The number of carbonyl (C=O) groups excluding carboxylic acids is 4. The van der Waals surface area contributed by atoms with Gasteiger partial charge in [-0.3, -0.25) is 9.69 Å².